The zero-order valence-corrected chi connectivity index (χ0v) is 36.5. The minimum Gasteiger partial charge on any atom is -0.479 e. The topological polar surface area (TPSA) is 169 Å². The number of esters is 2. The summed E-state index contributed by atoms with van der Waals surface area (Å²) in [6.07, 6.45) is 32.2. The van der Waals surface area contributed by atoms with Crippen LogP contribution in [0.2, 0.25) is 0 Å². The van der Waals surface area contributed by atoms with E-state index in [0.717, 1.165) is 57.8 Å². The molecule has 1 aliphatic heterocycles. The lowest BCUT2D eigenvalue weighted by Gasteiger charge is -2.38. The molecular weight excluding hydrogens is 741 g/mol. The largest absolute Gasteiger partial charge is 0.479 e. The van der Waals surface area contributed by atoms with Crippen molar-refractivity contribution in [3.8, 4) is 0 Å². The number of aliphatic hydroxyl groups excluding tert-OH is 3. The van der Waals surface area contributed by atoms with Crippen molar-refractivity contribution in [1.82, 2.24) is 0 Å². The summed E-state index contributed by atoms with van der Waals surface area (Å²) >= 11 is 0. The van der Waals surface area contributed by atoms with Gasteiger partial charge in [-0.15, -0.1) is 0 Å². The summed E-state index contributed by atoms with van der Waals surface area (Å²) < 4.78 is 21.8. The molecule has 1 fully saturated rings. The molecule has 1 saturated heterocycles. The molecule has 1 aliphatic rings. The molecule has 0 aromatic rings. The van der Waals surface area contributed by atoms with Gasteiger partial charge in [0.15, 0.2) is 18.5 Å². The second-order valence-electron chi connectivity index (χ2n) is 16.3. The highest BCUT2D eigenvalue weighted by atomic mass is 16.7. The Hall–Kier alpha value is -2.31. The summed E-state index contributed by atoms with van der Waals surface area (Å²) in [6, 6.07) is 0. The Balaban J connectivity index is 2.36. The number of unbranched alkanes of at least 4 members (excludes halogenated alkanes) is 24. The monoisotopic (exact) mass is 825 g/mol. The Morgan fingerprint density at radius 2 is 0.966 bits per heavy atom. The molecule has 0 aromatic carbocycles. The van der Waals surface area contributed by atoms with Crippen LogP contribution < -0.4 is 0 Å². The number of carbonyl (C=O) groups is 3. The molecule has 0 saturated carbocycles. The van der Waals surface area contributed by atoms with Crippen molar-refractivity contribution < 1.29 is 53.8 Å². The Kier molecular flexibility index (Phi) is 34.9. The second-order valence-corrected chi connectivity index (χ2v) is 16.3. The summed E-state index contributed by atoms with van der Waals surface area (Å²) in [5.74, 6) is -2.45. The van der Waals surface area contributed by atoms with Crippen LogP contribution in [0.25, 0.3) is 0 Å². The molecule has 1 heterocycles. The summed E-state index contributed by atoms with van der Waals surface area (Å²) in [5.41, 5.74) is 0. The summed E-state index contributed by atoms with van der Waals surface area (Å²) in [4.78, 5) is 36.8. The molecule has 0 bridgehead atoms. The van der Waals surface area contributed by atoms with Gasteiger partial charge in [0.2, 0.25) is 0 Å². The fraction of sp³-hybridized carbons (Fsp3) is 0.851. The third-order valence-electron chi connectivity index (χ3n) is 10.8. The van der Waals surface area contributed by atoms with Gasteiger partial charge in [-0.3, -0.25) is 9.59 Å². The smallest absolute Gasteiger partial charge is 0.335 e. The van der Waals surface area contributed by atoms with E-state index in [4.69, 9.17) is 18.9 Å². The van der Waals surface area contributed by atoms with Gasteiger partial charge in [-0.2, -0.15) is 0 Å². The fourth-order valence-electron chi connectivity index (χ4n) is 7.09. The third-order valence-corrected chi connectivity index (χ3v) is 10.8. The minimum atomic E-state index is -1.86. The molecule has 1 rings (SSSR count). The molecule has 11 nitrogen and oxygen atoms in total. The van der Waals surface area contributed by atoms with Crippen LogP contribution in [0.4, 0.5) is 0 Å². The van der Waals surface area contributed by atoms with Crippen molar-refractivity contribution in [3.63, 3.8) is 0 Å². The normalized spacial score (nSPS) is 20.2. The number of carboxylic acid groups (broad SMARTS) is 1. The summed E-state index contributed by atoms with van der Waals surface area (Å²) in [5, 5.41) is 39.8. The zero-order chi connectivity index (χ0) is 42.5. The molecule has 0 amide bonds. The predicted molar refractivity (Wildman–Crippen MR) is 229 cm³/mol. The lowest BCUT2D eigenvalue weighted by Crippen LogP contribution is -2.60. The first-order valence-electron chi connectivity index (χ1n) is 23.4. The number of allylic oxidation sites excluding steroid dienone is 4. The van der Waals surface area contributed by atoms with Crippen LogP contribution in [0, 0.1) is 0 Å². The van der Waals surface area contributed by atoms with E-state index in [0.29, 0.717) is 12.8 Å². The van der Waals surface area contributed by atoms with Crippen LogP contribution >= 0.6 is 0 Å². The molecule has 0 aliphatic carbocycles. The maximum Gasteiger partial charge on any atom is 0.335 e. The molecule has 0 aromatic heterocycles. The van der Waals surface area contributed by atoms with Crippen LogP contribution in [0.5, 0.6) is 0 Å². The third kappa shape index (κ3) is 29.0. The molecule has 6 atom stereocenters. The van der Waals surface area contributed by atoms with Gasteiger partial charge in [-0.05, 0) is 44.9 Å². The minimum absolute atomic E-state index is 0.184. The molecule has 6 unspecified atom stereocenters. The van der Waals surface area contributed by atoms with E-state index in [1.807, 2.05) is 0 Å². The quantitative estimate of drug-likeness (QED) is 0.0264. The van der Waals surface area contributed by atoms with E-state index in [1.165, 1.54) is 109 Å². The van der Waals surface area contributed by atoms with E-state index in [2.05, 4.69) is 38.2 Å². The SMILES string of the molecule is CCCCCC/C=C\C/C=C\CCCCCCCC(=O)OCC(COC1OC(C(=O)O)C(O)C(O)C1O)OC(=O)CCCCCCCCCCCCCCCCCC. The average Bonchev–Trinajstić information content (AvgIpc) is 3.21. The van der Waals surface area contributed by atoms with Gasteiger partial charge in [-0.25, -0.2) is 4.79 Å². The fourth-order valence-corrected chi connectivity index (χ4v) is 7.09. The van der Waals surface area contributed by atoms with Gasteiger partial charge in [0, 0.05) is 12.8 Å². The standard InChI is InChI=1S/C47H84O11/c1-3-5-7-9-11-13-15-17-19-21-23-25-27-29-31-33-35-40(48)55-37-39(38-56-47-44(52)42(50)43(51)45(58-47)46(53)54)57-41(49)36-34-32-30-28-26-24-22-20-18-16-14-12-10-8-6-4-2/h13,15,19,21,39,42-45,47,50-52H,3-12,14,16-18,20,22-38H2,1-2H3,(H,53,54)/b15-13-,21-19-. The first-order chi connectivity index (χ1) is 28.2. The number of hydrogen-bond donors (Lipinski definition) is 4. The van der Waals surface area contributed by atoms with Crippen molar-refractivity contribution >= 4 is 17.9 Å². The van der Waals surface area contributed by atoms with Crippen LogP contribution in [0.15, 0.2) is 24.3 Å². The van der Waals surface area contributed by atoms with Gasteiger partial charge in [-0.1, -0.05) is 173 Å². The summed E-state index contributed by atoms with van der Waals surface area (Å²) in [6.45, 7) is 3.80. The highest BCUT2D eigenvalue weighted by Crippen LogP contribution is 2.23. The van der Waals surface area contributed by atoms with Gasteiger partial charge < -0.3 is 39.4 Å². The van der Waals surface area contributed by atoms with Crippen LogP contribution in [0.3, 0.4) is 0 Å². The van der Waals surface area contributed by atoms with Crippen molar-refractivity contribution in [2.24, 2.45) is 0 Å². The molecule has 4 N–H and O–H groups in total. The number of carbonyl (C=O) groups excluding carboxylic acids is 2. The van der Waals surface area contributed by atoms with Crippen molar-refractivity contribution in [1.29, 1.82) is 0 Å². The highest BCUT2D eigenvalue weighted by Gasteiger charge is 2.47. The van der Waals surface area contributed by atoms with Crippen molar-refractivity contribution in [3.05, 3.63) is 24.3 Å². The van der Waals surface area contributed by atoms with Crippen molar-refractivity contribution in [2.45, 2.75) is 243 Å². The van der Waals surface area contributed by atoms with E-state index in [-0.39, 0.29) is 19.4 Å². The molecule has 11 heteroatoms. The van der Waals surface area contributed by atoms with Crippen LogP contribution in [-0.2, 0) is 33.3 Å². The van der Waals surface area contributed by atoms with E-state index in [9.17, 15) is 34.8 Å². The Bertz CT molecular complexity index is 1060. The molecule has 0 radical (unpaired) electrons. The Morgan fingerprint density at radius 1 is 0.534 bits per heavy atom. The lowest BCUT2D eigenvalue weighted by molar-refractivity contribution is -0.298. The maximum atomic E-state index is 12.8. The lowest BCUT2D eigenvalue weighted by atomic mass is 9.99. The number of ether oxygens (including phenoxy) is 4. The van der Waals surface area contributed by atoms with Crippen LogP contribution in [0.1, 0.15) is 206 Å². The Labute approximate surface area is 351 Å². The zero-order valence-electron chi connectivity index (χ0n) is 36.5. The average molecular weight is 825 g/mol. The Morgan fingerprint density at radius 3 is 1.45 bits per heavy atom. The number of aliphatic carboxylic acids is 1. The van der Waals surface area contributed by atoms with Gasteiger partial charge in [0.25, 0.3) is 0 Å². The van der Waals surface area contributed by atoms with Crippen LogP contribution in [-0.4, -0.2) is 88.4 Å². The van der Waals surface area contributed by atoms with E-state index >= 15 is 0 Å². The molecule has 0 spiro atoms. The number of aliphatic hydroxyl groups is 3. The molecular formula is C47H84O11. The second kappa shape index (κ2) is 37.7. The number of hydrogen-bond acceptors (Lipinski definition) is 10. The van der Waals surface area contributed by atoms with E-state index in [1.54, 1.807) is 0 Å². The number of carboxylic acids is 1. The predicted octanol–water partition coefficient (Wildman–Crippen LogP) is 10.2. The van der Waals surface area contributed by atoms with Crippen molar-refractivity contribution in [2.75, 3.05) is 13.2 Å². The van der Waals surface area contributed by atoms with Gasteiger partial charge in [0.05, 0.1) is 6.61 Å². The number of rotatable bonds is 39. The highest BCUT2D eigenvalue weighted by molar-refractivity contribution is 5.73. The summed E-state index contributed by atoms with van der Waals surface area (Å²) in [7, 11) is 0. The van der Waals surface area contributed by atoms with Gasteiger partial charge >= 0.3 is 17.9 Å². The van der Waals surface area contributed by atoms with Gasteiger partial charge in [0.1, 0.15) is 24.9 Å². The first kappa shape index (κ1) is 53.7. The molecule has 338 valence electrons. The first-order valence-corrected chi connectivity index (χ1v) is 23.4. The maximum absolute atomic E-state index is 12.8. The van der Waals surface area contributed by atoms with E-state index < -0.39 is 61.3 Å². The molecule has 58 heavy (non-hydrogen) atoms.